The van der Waals surface area contributed by atoms with E-state index >= 15 is 0 Å². The highest BCUT2D eigenvalue weighted by Crippen LogP contribution is 2.51. The average Bonchev–Trinajstić information content (AvgIpc) is 3.77. The molecule has 12 aromatic rings. The Labute approximate surface area is 303 Å². The Bertz CT molecular complexity index is 3450. The molecular formula is C50H29NS. The Hall–Kier alpha value is -6.48. The highest BCUT2D eigenvalue weighted by atomic mass is 32.1. The molecule has 0 atom stereocenters. The zero-order chi connectivity index (χ0) is 33.9. The van der Waals surface area contributed by atoms with Crippen LogP contribution in [-0.2, 0) is 0 Å². The van der Waals surface area contributed by atoms with E-state index in [4.69, 9.17) is 0 Å². The van der Waals surface area contributed by atoms with Crippen LogP contribution in [0.5, 0.6) is 0 Å². The van der Waals surface area contributed by atoms with Gasteiger partial charge in [-0.1, -0.05) is 146 Å². The molecule has 0 aliphatic heterocycles. The van der Waals surface area contributed by atoms with Crippen LogP contribution in [0.3, 0.4) is 0 Å². The van der Waals surface area contributed by atoms with E-state index in [1.54, 1.807) is 0 Å². The molecule has 10 aromatic carbocycles. The third kappa shape index (κ3) is 3.77. The number of hydrogen-bond donors (Lipinski definition) is 0. The lowest BCUT2D eigenvalue weighted by molar-refractivity contribution is 1.19. The first-order chi connectivity index (χ1) is 25.8. The Morgan fingerprint density at radius 2 is 0.904 bits per heavy atom. The van der Waals surface area contributed by atoms with Crippen molar-refractivity contribution in [3.63, 3.8) is 0 Å². The maximum atomic E-state index is 2.53. The predicted octanol–water partition coefficient (Wildman–Crippen LogP) is 14.6. The van der Waals surface area contributed by atoms with Gasteiger partial charge in [0.1, 0.15) is 0 Å². The van der Waals surface area contributed by atoms with E-state index in [-0.39, 0.29) is 0 Å². The van der Waals surface area contributed by atoms with E-state index < -0.39 is 0 Å². The van der Waals surface area contributed by atoms with Crippen LogP contribution in [0.2, 0.25) is 0 Å². The van der Waals surface area contributed by atoms with Gasteiger partial charge in [-0.15, -0.1) is 11.3 Å². The zero-order valence-electron chi connectivity index (χ0n) is 28.1. The van der Waals surface area contributed by atoms with E-state index in [1.807, 2.05) is 11.3 Å². The molecule has 12 rings (SSSR count). The minimum absolute atomic E-state index is 1.17. The number of hydrogen-bond acceptors (Lipinski definition) is 1. The molecule has 0 spiro atoms. The molecule has 240 valence electrons. The minimum Gasteiger partial charge on any atom is -0.308 e. The third-order valence-electron chi connectivity index (χ3n) is 11.3. The molecule has 2 heterocycles. The second kappa shape index (κ2) is 10.5. The van der Waals surface area contributed by atoms with Gasteiger partial charge in [0.05, 0.1) is 15.7 Å². The van der Waals surface area contributed by atoms with Crippen LogP contribution in [-0.4, -0.2) is 4.57 Å². The van der Waals surface area contributed by atoms with Crippen LogP contribution in [0.15, 0.2) is 176 Å². The van der Waals surface area contributed by atoms with Crippen molar-refractivity contribution in [3.05, 3.63) is 176 Å². The summed E-state index contributed by atoms with van der Waals surface area (Å²) >= 11 is 1.92. The van der Waals surface area contributed by atoms with Crippen molar-refractivity contribution in [1.82, 2.24) is 4.57 Å². The summed E-state index contributed by atoms with van der Waals surface area (Å²) in [6, 6.07) is 65.2. The topological polar surface area (TPSA) is 4.93 Å². The monoisotopic (exact) mass is 675 g/mol. The number of thiophene rings is 1. The van der Waals surface area contributed by atoms with Gasteiger partial charge in [0.25, 0.3) is 0 Å². The van der Waals surface area contributed by atoms with Crippen LogP contribution in [0, 0.1) is 0 Å². The first kappa shape index (κ1) is 28.2. The highest BCUT2D eigenvalue weighted by molar-refractivity contribution is 7.27. The second-order valence-corrected chi connectivity index (χ2v) is 15.0. The molecular weight excluding hydrogens is 647 g/mol. The Balaban J connectivity index is 1.19. The van der Waals surface area contributed by atoms with Gasteiger partial charge >= 0.3 is 0 Å². The molecule has 2 aromatic heterocycles. The number of benzene rings is 10. The van der Waals surface area contributed by atoms with E-state index in [1.165, 1.54) is 113 Å². The molecule has 0 fully saturated rings. The van der Waals surface area contributed by atoms with Gasteiger partial charge in [-0.3, -0.25) is 0 Å². The Morgan fingerprint density at radius 3 is 1.67 bits per heavy atom. The lowest BCUT2D eigenvalue weighted by Gasteiger charge is -2.15. The van der Waals surface area contributed by atoms with Gasteiger partial charge in [-0.25, -0.2) is 0 Å². The van der Waals surface area contributed by atoms with Crippen LogP contribution in [0.4, 0.5) is 0 Å². The van der Waals surface area contributed by atoms with E-state index in [2.05, 4.69) is 180 Å². The fourth-order valence-corrected chi connectivity index (χ4v) is 10.3. The molecule has 0 saturated heterocycles. The van der Waals surface area contributed by atoms with Crippen LogP contribution in [0.1, 0.15) is 0 Å². The maximum Gasteiger partial charge on any atom is 0.0726 e. The quantitative estimate of drug-likeness (QED) is 0.161. The number of para-hydroxylation sites is 1. The molecule has 0 aliphatic carbocycles. The number of rotatable bonds is 2. The first-order valence-electron chi connectivity index (χ1n) is 17.9. The van der Waals surface area contributed by atoms with Crippen molar-refractivity contribution in [3.8, 4) is 16.8 Å². The van der Waals surface area contributed by atoms with Gasteiger partial charge in [-0.05, 0) is 84.5 Å². The normalized spacial score (nSPS) is 12.2. The highest BCUT2D eigenvalue weighted by Gasteiger charge is 2.24. The van der Waals surface area contributed by atoms with E-state index in [0.29, 0.717) is 0 Å². The van der Waals surface area contributed by atoms with Crippen LogP contribution in [0.25, 0.3) is 113 Å². The summed E-state index contributed by atoms with van der Waals surface area (Å²) in [5, 5.41) is 18.4. The summed E-state index contributed by atoms with van der Waals surface area (Å²) in [5.41, 5.74) is 6.13. The van der Waals surface area contributed by atoms with Crippen molar-refractivity contribution >= 4 is 107 Å². The summed E-state index contributed by atoms with van der Waals surface area (Å²) in [6.07, 6.45) is 0. The number of nitrogens with zero attached hydrogens (tertiary/aromatic N) is 1. The molecule has 0 unspecified atom stereocenters. The standard InChI is InChI=1S/C50H29NS/c1-2-12-35-31(11-1)21-22-33-29-32(25-28-36(33)35)30-23-26-34(27-24-30)51-43-19-9-7-17-41(43)47-45-39-15-5-3-13-37(39)38-14-4-6-16-40(38)46(45)48-42-18-8-10-20-44(42)52-50(48)49(47)51/h1-29H. The van der Waals surface area contributed by atoms with Gasteiger partial charge in [-0.2, -0.15) is 0 Å². The lowest BCUT2D eigenvalue weighted by atomic mass is 9.89. The molecule has 0 radical (unpaired) electrons. The average molecular weight is 676 g/mol. The van der Waals surface area contributed by atoms with Gasteiger partial charge in [0.15, 0.2) is 0 Å². The summed E-state index contributed by atoms with van der Waals surface area (Å²) in [7, 11) is 0. The molecule has 52 heavy (non-hydrogen) atoms. The molecule has 2 heteroatoms. The van der Waals surface area contributed by atoms with E-state index in [9.17, 15) is 0 Å². The molecule has 1 nitrogen and oxygen atoms in total. The van der Waals surface area contributed by atoms with Crippen molar-refractivity contribution in [2.24, 2.45) is 0 Å². The third-order valence-corrected chi connectivity index (χ3v) is 12.5. The smallest absolute Gasteiger partial charge is 0.0726 e. The van der Waals surface area contributed by atoms with Crippen molar-refractivity contribution in [2.75, 3.05) is 0 Å². The SMILES string of the molecule is c1ccc2c(c1)ccc1cc(-c3ccc(-n4c5ccccc5c5c6c7ccccc7c7ccccc7c6c6c7ccccc7sc6c54)cc3)ccc12. The molecule has 0 amide bonds. The summed E-state index contributed by atoms with van der Waals surface area (Å²) in [5.74, 6) is 0. The summed E-state index contributed by atoms with van der Waals surface area (Å²) in [6.45, 7) is 0. The summed E-state index contributed by atoms with van der Waals surface area (Å²) in [4.78, 5) is 0. The van der Waals surface area contributed by atoms with Gasteiger partial charge < -0.3 is 4.57 Å². The van der Waals surface area contributed by atoms with Crippen LogP contribution >= 0.6 is 11.3 Å². The zero-order valence-corrected chi connectivity index (χ0v) is 28.9. The van der Waals surface area contributed by atoms with Crippen molar-refractivity contribution in [2.45, 2.75) is 0 Å². The van der Waals surface area contributed by atoms with Crippen molar-refractivity contribution < 1.29 is 0 Å². The molecule has 0 saturated carbocycles. The van der Waals surface area contributed by atoms with E-state index in [0.717, 1.165) is 0 Å². The molecule has 0 bridgehead atoms. The lowest BCUT2D eigenvalue weighted by Crippen LogP contribution is -1.94. The molecule has 0 aliphatic rings. The Kier molecular flexibility index (Phi) is 5.71. The number of aromatic nitrogens is 1. The van der Waals surface area contributed by atoms with Crippen LogP contribution < -0.4 is 0 Å². The fourth-order valence-electron chi connectivity index (χ4n) is 9.09. The Morgan fingerprint density at radius 1 is 0.346 bits per heavy atom. The second-order valence-electron chi connectivity index (χ2n) is 14.0. The number of fused-ring (bicyclic) bond motifs is 18. The summed E-state index contributed by atoms with van der Waals surface area (Å²) < 4.78 is 5.19. The van der Waals surface area contributed by atoms with Crippen molar-refractivity contribution in [1.29, 1.82) is 0 Å². The molecule has 0 N–H and O–H groups in total. The van der Waals surface area contributed by atoms with Gasteiger partial charge in [0.2, 0.25) is 0 Å². The first-order valence-corrected chi connectivity index (χ1v) is 18.8. The predicted molar refractivity (Wildman–Crippen MR) is 227 cm³/mol. The fraction of sp³-hybridized carbons (Fsp3) is 0. The largest absolute Gasteiger partial charge is 0.308 e. The maximum absolute atomic E-state index is 2.53. The minimum atomic E-state index is 1.17. The van der Waals surface area contributed by atoms with Gasteiger partial charge in [0, 0.05) is 42.7 Å².